The Morgan fingerprint density at radius 3 is 2.61 bits per heavy atom. The highest BCUT2D eigenvalue weighted by Crippen LogP contribution is 2.25. The topological polar surface area (TPSA) is 44.4 Å². The van der Waals surface area contributed by atoms with Crippen LogP contribution in [0, 0.1) is 5.92 Å². The Kier molecular flexibility index (Phi) is 6.39. The maximum Gasteiger partial charge on any atom is 0.226 e. The van der Waals surface area contributed by atoms with Gasteiger partial charge in [-0.1, -0.05) is 13.8 Å². The lowest BCUT2D eigenvalue weighted by Gasteiger charge is -2.35. The van der Waals surface area contributed by atoms with E-state index in [9.17, 15) is 4.79 Å². The summed E-state index contributed by atoms with van der Waals surface area (Å²) >= 11 is 5.19. The summed E-state index contributed by atoms with van der Waals surface area (Å²) in [6.07, 6.45) is 4.32. The van der Waals surface area contributed by atoms with E-state index in [4.69, 9.17) is 12.2 Å². The monoisotopic (exact) mass is 333 g/mol. The molecule has 1 amide bonds. The molecule has 1 saturated heterocycles. The largest absolute Gasteiger partial charge is 0.369 e. The van der Waals surface area contributed by atoms with Crippen molar-refractivity contribution in [1.29, 1.82) is 0 Å². The maximum atomic E-state index is 11.7. The Morgan fingerprint density at radius 1 is 1.30 bits per heavy atom. The molecule has 23 heavy (non-hydrogen) atoms. The number of nitrogens with zero attached hydrogens (tertiary/aromatic N) is 1. The molecular formula is C18H27N3OS. The first-order chi connectivity index (χ1) is 11.0. The van der Waals surface area contributed by atoms with Crippen molar-refractivity contribution in [1.82, 2.24) is 5.32 Å². The van der Waals surface area contributed by atoms with Crippen LogP contribution in [-0.4, -0.2) is 23.6 Å². The molecule has 0 bridgehead atoms. The lowest BCUT2D eigenvalue weighted by Crippen LogP contribution is -2.37. The fourth-order valence-corrected chi connectivity index (χ4v) is 3.16. The summed E-state index contributed by atoms with van der Waals surface area (Å²) in [5.41, 5.74) is 2.14. The summed E-state index contributed by atoms with van der Waals surface area (Å²) in [7, 11) is 0. The molecular weight excluding hydrogens is 306 g/mol. The summed E-state index contributed by atoms with van der Waals surface area (Å²) < 4.78 is 0. The highest BCUT2D eigenvalue weighted by molar-refractivity contribution is 7.80. The van der Waals surface area contributed by atoms with Gasteiger partial charge in [0, 0.05) is 30.4 Å². The zero-order valence-corrected chi connectivity index (χ0v) is 15.1. The lowest BCUT2D eigenvalue weighted by molar-refractivity contribution is -0.120. The third kappa shape index (κ3) is 5.50. The first-order valence-corrected chi connectivity index (χ1v) is 8.84. The van der Waals surface area contributed by atoms with Crippen molar-refractivity contribution in [2.24, 2.45) is 5.92 Å². The second-order valence-electron chi connectivity index (χ2n) is 6.69. The van der Waals surface area contributed by atoms with Gasteiger partial charge in [0.2, 0.25) is 5.91 Å². The van der Waals surface area contributed by atoms with Crippen LogP contribution in [-0.2, 0) is 4.79 Å². The fraction of sp³-hybridized carbons (Fsp3) is 0.556. The molecule has 1 fully saturated rings. The van der Waals surface area contributed by atoms with Gasteiger partial charge in [-0.15, -0.1) is 0 Å². The molecule has 1 aliphatic heterocycles. The Labute approximate surface area is 144 Å². The standard InChI is InChI=1S/C18H27N3OS/c1-13(2)12-17(22)20-18(23)19-15-7-9-16(10-8-15)21-11-5-4-6-14(21)3/h7-10,13-14H,4-6,11-12H2,1-3H3,(H2,19,20,22,23)/t14-/m1/s1. The smallest absolute Gasteiger partial charge is 0.226 e. The predicted octanol–water partition coefficient (Wildman–Crippen LogP) is 3.92. The van der Waals surface area contributed by atoms with Crippen molar-refractivity contribution in [2.75, 3.05) is 16.8 Å². The molecule has 2 rings (SSSR count). The molecule has 1 aromatic carbocycles. The number of thiocarbonyl (C=S) groups is 1. The number of rotatable bonds is 4. The number of carbonyl (C=O) groups excluding carboxylic acids is 1. The van der Waals surface area contributed by atoms with Gasteiger partial charge in [-0.05, 0) is 68.6 Å². The van der Waals surface area contributed by atoms with Gasteiger partial charge in [0.1, 0.15) is 0 Å². The quantitative estimate of drug-likeness (QED) is 0.820. The number of amides is 1. The second-order valence-corrected chi connectivity index (χ2v) is 7.09. The summed E-state index contributed by atoms with van der Waals surface area (Å²) in [5.74, 6) is 0.278. The molecule has 5 heteroatoms. The van der Waals surface area contributed by atoms with E-state index in [0.29, 0.717) is 23.5 Å². The van der Waals surface area contributed by atoms with Crippen LogP contribution < -0.4 is 15.5 Å². The highest BCUT2D eigenvalue weighted by Gasteiger charge is 2.18. The summed E-state index contributed by atoms with van der Waals surface area (Å²) in [6, 6.07) is 8.85. The minimum absolute atomic E-state index is 0.0451. The molecule has 0 unspecified atom stereocenters. The van der Waals surface area contributed by atoms with Crippen molar-refractivity contribution < 1.29 is 4.79 Å². The van der Waals surface area contributed by atoms with Crippen LogP contribution in [0.15, 0.2) is 24.3 Å². The van der Waals surface area contributed by atoms with Gasteiger partial charge >= 0.3 is 0 Å². The molecule has 2 N–H and O–H groups in total. The van der Waals surface area contributed by atoms with Gasteiger partial charge in [-0.25, -0.2) is 0 Å². The minimum atomic E-state index is -0.0451. The average molecular weight is 334 g/mol. The number of nitrogens with one attached hydrogen (secondary N) is 2. The van der Waals surface area contributed by atoms with E-state index in [-0.39, 0.29) is 5.91 Å². The number of piperidine rings is 1. The van der Waals surface area contributed by atoms with E-state index < -0.39 is 0 Å². The fourth-order valence-electron chi connectivity index (χ4n) is 2.93. The van der Waals surface area contributed by atoms with E-state index in [1.165, 1.54) is 24.9 Å². The Bertz CT molecular complexity index is 542. The molecule has 1 aromatic rings. The molecule has 1 aliphatic rings. The summed E-state index contributed by atoms with van der Waals surface area (Å²) in [5, 5.41) is 6.14. The Balaban J connectivity index is 1.89. The van der Waals surface area contributed by atoms with Crippen LogP contribution in [0.4, 0.5) is 11.4 Å². The van der Waals surface area contributed by atoms with Crippen molar-refractivity contribution in [3.63, 3.8) is 0 Å². The molecule has 0 aromatic heterocycles. The van der Waals surface area contributed by atoms with Crippen molar-refractivity contribution >= 4 is 34.6 Å². The molecule has 0 saturated carbocycles. The first-order valence-electron chi connectivity index (χ1n) is 8.43. The summed E-state index contributed by atoms with van der Waals surface area (Å²) in [4.78, 5) is 14.2. The van der Waals surface area contributed by atoms with Crippen LogP contribution in [0.5, 0.6) is 0 Å². The van der Waals surface area contributed by atoms with Crippen LogP contribution in [0.25, 0.3) is 0 Å². The van der Waals surface area contributed by atoms with Gasteiger partial charge in [-0.3, -0.25) is 4.79 Å². The van der Waals surface area contributed by atoms with Crippen molar-refractivity contribution in [3.05, 3.63) is 24.3 Å². The van der Waals surface area contributed by atoms with Gasteiger partial charge in [-0.2, -0.15) is 0 Å². The maximum absolute atomic E-state index is 11.7. The van der Waals surface area contributed by atoms with E-state index in [2.05, 4.69) is 34.6 Å². The third-order valence-electron chi connectivity index (χ3n) is 4.11. The Morgan fingerprint density at radius 2 is 2.00 bits per heavy atom. The normalized spacial score (nSPS) is 17.9. The zero-order chi connectivity index (χ0) is 16.8. The number of hydrogen-bond donors (Lipinski definition) is 2. The second kappa shape index (κ2) is 8.29. The lowest BCUT2D eigenvalue weighted by atomic mass is 10.0. The SMILES string of the molecule is CC(C)CC(=O)NC(=S)Nc1ccc(N2CCCC[C@H]2C)cc1. The van der Waals surface area contributed by atoms with E-state index in [1.807, 2.05) is 26.0 Å². The molecule has 4 nitrogen and oxygen atoms in total. The number of carbonyl (C=O) groups is 1. The number of benzene rings is 1. The van der Waals surface area contributed by atoms with Crippen LogP contribution in [0.3, 0.4) is 0 Å². The minimum Gasteiger partial charge on any atom is -0.369 e. The van der Waals surface area contributed by atoms with E-state index in [1.54, 1.807) is 0 Å². The molecule has 0 radical (unpaired) electrons. The highest BCUT2D eigenvalue weighted by atomic mass is 32.1. The third-order valence-corrected chi connectivity index (χ3v) is 4.31. The summed E-state index contributed by atoms with van der Waals surface area (Å²) in [6.45, 7) is 7.43. The molecule has 126 valence electrons. The van der Waals surface area contributed by atoms with Gasteiger partial charge in [0.15, 0.2) is 5.11 Å². The van der Waals surface area contributed by atoms with Gasteiger partial charge in [0.25, 0.3) is 0 Å². The molecule has 1 heterocycles. The zero-order valence-electron chi connectivity index (χ0n) is 14.3. The molecule has 1 atom stereocenters. The number of hydrogen-bond acceptors (Lipinski definition) is 3. The molecule has 0 aliphatic carbocycles. The van der Waals surface area contributed by atoms with Crippen molar-refractivity contribution in [2.45, 2.75) is 52.5 Å². The predicted molar refractivity (Wildman–Crippen MR) is 101 cm³/mol. The average Bonchev–Trinajstić information content (AvgIpc) is 2.47. The first kappa shape index (κ1) is 17.7. The Hall–Kier alpha value is -1.62. The van der Waals surface area contributed by atoms with E-state index in [0.717, 1.165) is 12.2 Å². The molecule has 0 spiro atoms. The van der Waals surface area contributed by atoms with Crippen LogP contribution in [0.2, 0.25) is 0 Å². The van der Waals surface area contributed by atoms with Gasteiger partial charge in [0.05, 0.1) is 0 Å². The number of anilines is 2. The van der Waals surface area contributed by atoms with E-state index >= 15 is 0 Å². The van der Waals surface area contributed by atoms with Gasteiger partial charge < -0.3 is 15.5 Å². The van der Waals surface area contributed by atoms with Crippen molar-refractivity contribution in [3.8, 4) is 0 Å². The van der Waals surface area contributed by atoms with Crippen LogP contribution >= 0.6 is 12.2 Å². The van der Waals surface area contributed by atoms with Crippen LogP contribution in [0.1, 0.15) is 46.5 Å².